The van der Waals surface area contributed by atoms with E-state index in [1.165, 1.54) is 289 Å². The van der Waals surface area contributed by atoms with Crippen LogP contribution in [0.4, 0.5) is 0 Å². The molecule has 0 rings (SSSR count). The second-order valence-corrected chi connectivity index (χ2v) is 24.5. The van der Waals surface area contributed by atoms with E-state index >= 15 is 0 Å². The van der Waals surface area contributed by atoms with Crippen molar-refractivity contribution in [2.45, 2.75) is 412 Å². The molecule has 6 heteroatoms. The summed E-state index contributed by atoms with van der Waals surface area (Å²) in [6.45, 7) is 6.70. The van der Waals surface area contributed by atoms with Crippen molar-refractivity contribution in [3.63, 3.8) is 0 Å². The van der Waals surface area contributed by atoms with E-state index in [1.54, 1.807) is 0 Å². The Morgan fingerprint density at radius 3 is 0.709 bits per heavy atom. The van der Waals surface area contributed by atoms with Gasteiger partial charge in [-0.2, -0.15) is 0 Å². The van der Waals surface area contributed by atoms with Gasteiger partial charge in [-0.25, -0.2) is 0 Å². The second kappa shape index (κ2) is 68.4. The van der Waals surface area contributed by atoms with Crippen LogP contribution in [-0.4, -0.2) is 37.2 Å². The number of carbonyl (C=O) groups is 3. The van der Waals surface area contributed by atoms with Gasteiger partial charge in [-0.3, -0.25) is 14.4 Å². The molecule has 0 spiro atoms. The fourth-order valence-electron chi connectivity index (χ4n) is 11.1. The third-order valence-electron chi connectivity index (χ3n) is 16.5. The lowest BCUT2D eigenvalue weighted by molar-refractivity contribution is -0.167. The molecule has 0 aromatic rings. The normalized spacial score (nSPS) is 12.1. The molecule has 0 fully saturated rings. The smallest absolute Gasteiger partial charge is 0.306 e. The first-order valence-electron chi connectivity index (χ1n) is 35.8. The molecule has 1 unspecified atom stereocenters. The summed E-state index contributed by atoms with van der Waals surface area (Å²) in [5, 5.41) is 0. The van der Waals surface area contributed by atoms with Crippen LogP contribution in [-0.2, 0) is 28.6 Å². The fourth-order valence-corrected chi connectivity index (χ4v) is 11.1. The number of hydrogen-bond donors (Lipinski definition) is 0. The molecule has 0 amide bonds. The number of allylic oxidation sites excluding steroid dienone is 4. The molecule has 0 aromatic carbocycles. The summed E-state index contributed by atoms with van der Waals surface area (Å²) in [6.07, 6.45) is 83.5. The molecule has 0 aliphatic heterocycles. The van der Waals surface area contributed by atoms with Gasteiger partial charge in [-0.1, -0.05) is 360 Å². The molecule has 1 atom stereocenters. The van der Waals surface area contributed by atoms with Crippen molar-refractivity contribution in [2.24, 2.45) is 0 Å². The van der Waals surface area contributed by atoms with E-state index in [0.29, 0.717) is 19.3 Å². The van der Waals surface area contributed by atoms with E-state index in [-0.39, 0.29) is 31.1 Å². The lowest BCUT2D eigenvalue weighted by Crippen LogP contribution is -2.30. The van der Waals surface area contributed by atoms with Crippen molar-refractivity contribution >= 4 is 17.9 Å². The SMILES string of the molecule is CCCCCC/C=C\C/C=C\CCCCCCCC(=O)OCC(COC(=O)CCCCCCCCCCCCCCCCCCCCCCCCCCCC)OC(=O)CCCCCCCCCCCCCCCCCCCCC. The number of hydrogen-bond acceptors (Lipinski definition) is 6. The lowest BCUT2D eigenvalue weighted by Gasteiger charge is -2.18. The highest BCUT2D eigenvalue weighted by molar-refractivity contribution is 5.71. The van der Waals surface area contributed by atoms with Gasteiger partial charge in [0.2, 0.25) is 0 Å². The summed E-state index contributed by atoms with van der Waals surface area (Å²) in [4.78, 5) is 38.4. The second-order valence-electron chi connectivity index (χ2n) is 24.5. The lowest BCUT2D eigenvalue weighted by atomic mass is 10.0. The molecular formula is C73H138O6. The van der Waals surface area contributed by atoms with Gasteiger partial charge in [-0.05, 0) is 51.4 Å². The zero-order valence-corrected chi connectivity index (χ0v) is 53.7. The summed E-state index contributed by atoms with van der Waals surface area (Å²) >= 11 is 0. The predicted molar refractivity (Wildman–Crippen MR) is 344 cm³/mol. The van der Waals surface area contributed by atoms with Crippen LogP contribution < -0.4 is 0 Å². The Balaban J connectivity index is 4.24. The number of ether oxygens (including phenoxy) is 3. The van der Waals surface area contributed by atoms with Gasteiger partial charge in [0.15, 0.2) is 6.10 Å². The minimum atomic E-state index is -0.774. The average molecular weight is 1110 g/mol. The summed E-state index contributed by atoms with van der Waals surface area (Å²) < 4.78 is 17.0. The molecule has 0 aliphatic carbocycles. The molecule has 0 N–H and O–H groups in total. The predicted octanol–water partition coefficient (Wildman–Crippen LogP) is 24.6. The van der Waals surface area contributed by atoms with E-state index in [2.05, 4.69) is 45.1 Å². The molecule has 6 nitrogen and oxygen atoms in total. The fraction of sp³-hybridized carbons (Fsp3) is 0.904. The standard InChI is InChI=1S/C73H138O6/c1-4-7-10-13-16-19-22-25-28-31-33-34-35-36-37-38-39-41-42-45-48-51-54-57-60-63-66-72(75)78-69-70(68-77-71(74)65-62-59-56-53-50-47-44-30-27-24-21-18-15-12-9-6-3)79-73(76)67-64-61-58-55-52-49-46-43-40-32-29-26-23-20-17-14-11-8-5-2/h21,24,30,44,70H,4-20,22-23,25-29,31-43,45-69H2,1-3H3/b24-21-,44-30-. The first kappa shape index (κ1) is 76.9. The topological polar surface area (TPSA) is 78.9 Å². The Kier molecular flexibility index (Phi) is 66.6. The maximum atomic E-state index is 13.0. The molecule has 0 aromatic heterocycles. The van der Waals surface area contributed by atoms with Crippen molar-refractivity contribution in [3.05, 3.63) is 24.3 Å². The molecule has 0 heterocycles. The summed E-state index contributed by atoms with van der Waals surface area (Å²) in [6, 6.07) is 0. The van der Waals surface area contributed by atoms with E-state index in [9.17, 15) is 14.4 Å². The van der Waals surface area contributed by atoms with Gasteiger partial charge >= 0.3 is 17.9 Å². The highest BCUT2D eigenvalue weighted by atomic mass is 16.6. The minimum absolute atomic E-state index is 0.0691. The van der Waals surface area contributed by atoms with Gasteiger partial charge in [0.05, 0.1) is 0 Å². The Hall–Kier alpha value is -2.11. The summed E-state index contributed by atoms with van der Waals surface area (Å²) in [7, 11) is 0. The van der Waals surface area contributed by atoms with Gasteiger partial charge in [-0.15, -0.1) is 0 Å². The quantitative estimate of drug-likeness (QED) is 0.0261. The molecule has 0 bridgehead atoms. The summed E-state index contributed by atoms with van der Waals surface area (Å²) in [5.41, 5.74) is 0. The van der Waals surface area contributed by atoms with Crippen LogP contribution in [0.3, 0.4) is 0 Å². The average Bonchev–Trinajstić information content (AvgIpc) is 3.45. The third-order valence-corrected chi connectivity index (χ3v) is 16.5. The zero-order valence-electron chi connectivity index (χ0n) is 53.7. The molecule has 0 saturated heterocycles. The van der Waals surface area contributed by atoms with Crippen molar-refractivity contribution in [1.29, 1.82) is 0 Å². The van der Waals surface area contributed by atoms with E-state index in [1.807, 2.05) is 0 Å². The first-order valence-corrected chi connectivity index (χ1v) is 35.8. The van der Waals surface area contributed by atoms with Gasteiger partial charge in [0.25, 0.3) is 0 Å². The minimum Gasteiger partial charge on any atom is -0.462 e. The zero-order chi connectivity index (χ0) is 57.1. The molecular weight excluding hydrogens is 973 g/mol. The highest BCUT2D eigenvalue weighted by Crippen LogP contribution is 2.19. The number of carbonyl (C=O) groups excluding carboxylic acids is 3. The molecule has 466 valence electrons. The Morgan fingerprint density at radius 2 is 0.456 bits per heavy atom. The Labute approximate surface area is 493 Å². The van der Waals surface area contributed by atoms with Crippen LogP contribution in [0.15, 0.2) is 24.3 Å². The van der Waals surface area contributed by atoms with Gasteiger partial charge in [0, 0.05) is 19.3 Å². The van der Waals surface area contributed by atoms with Crippen molar-refractivity contribution in [3.8, 4) is 0 Å². The number of rotatable bonds is 67. The highest BCUT2D eigenvalue weighted by Gasteiger charge is 2.19. The maximum Gasteiger partial charge on any atom is 0.306 e. The molecule has 0 radical (unpaired) electrons. The molecule has 0 aliphatic rings. The van der Waals surface area contributed by atoms with E-state index < -0.39 is 6.10 Å². The van der Waals surface area contributed by atoms with Crippen molar-refractivity contribution in [1.82, 2.24) is 0 Å². The monoisotopic (exact) mass is 1110 g/mol. The van der Waals surface area contributed by atoms with Crippen LogP contribution >= 0.6 is 0 Å². The third kappa shape index (κ3) is 66.6. The summed E-state index contributed by atoms with van der Waals surface area (Å²) in [5.74, 6) is -0.849. The van der Waals surface area contributed by atoms with Crippen molar-refractivity contribution < 1.29 is 28.6 Å². The van der Waals surface area contributed by atoms with Gasteiger partial charge in [0.1, 0.15) is 13.2 Å². The van der Waals surface area contributed by atoms with Crippen LogP contribution in [0.1, 0.15) is 406 Å². The van der Waals surface area contributed by atoms with E-state index in [0.717, 1.165) is 77.0 Å². The first-order chi connectivity index (χ1) is 39.0. The molecule has 79 heavy (non-hydrogen) atoms. The van der Waals surface area contributed by atoms with Crippen LogP contribution in [0.25, 0.3) is 0 Å². The van der Waals surface area contributed by atoms with Crippen LogP contribution in [0.5, 0.6) is 0 Å². The Morgan fingerprint density at radius 1 is 0.253 bits per heavy atom. The largest absolute Gasteiger partial charge is 0.462 e. The van der Waals surface area contributed by atoms with Crippen LogP contribution in [0, 0.1) is 0 Å². The molecule has 0 saturated carbocycles. The van der Waals surface area contributed by atoms with Gasteiger partial charge < -0.3 is 14.2 Å². The Bertz CT molecular complexity index is 1270. The maximum absolute atomic E-state index is 13.0. The van der Waals surface area contributed by atoms with Crippen LogP contribution in [0.2, 0.25) is 0 Å². The number of unbranched alkanes of at least 4 members (excludes halogenated alkanes) is 52. The van der Waals surface area contributed by atoms with E-state index in [4.69, 9.17) is 14.2 Å². The van der Waals surface area contributed by atoms with Crippen molar-refractivity contribution in [2.75, 3.05) is 13.2 Å². The number of esters is 3.